The minimum atomic E-state index is -0.186. The summed E-state index contributed by atoms with van der Waals surface area (Å²) in [5, 5.41) is 18.2. The van der Waals surface area contributed by atoms with Crippen LogP contribution in [0.3, 0.4) is 0 Å². The van der Waals surface area contributed by atoms with Crippen LogP contribution < -0.4 is 10.6 Å². The van der Waals surface area contributed by atoms with Gasteiger partial charge in [0, 0.05) is 17.1 Å². The zero-order valence-corrected chi connectivity index (χ0v) is 14.6. The second-order valence-corrected chi connectivity index (χ2v) is 7.53. The maximum Gasteiger partial charge on any atom is 0.171 e. The lowest BCUT2D eigenvalue weighted by Crippen LogP contribution is -2.59. The predicted molar refractivity (Wildman–Crippen MR) is 99.6 cm³/mol. The third-order valence-electron chi connectivity index (χ3n) is 5.58. The largest absolute Gasteiger partial charge is 0.393 e. The summed E-state index contributed by atoms with van der Waals surface area (Å²) >= 11 is 5.59. The summed E-state index contributed by atoms with van der Waals surface area (Å²) in [5.41, 5.74) is 0.983. The van der Waals surface area contributed by atoms with E-state index in [9.17, 15) is 5.11 Å². The Morgan fingerprint density at radius 2 is 1.70 bits per heavy atom. The average Bonchev–Trinajstić information content (AvgIpc) is 2.57. The van der Waals surface area contributed by atoms with Crippen molar-refractivity contribution >= 4 is 23.0 Å². The molecule has 126 valence electrons. The predicted octanol–water partition coefficient (Wildman–Crippen LogP) is 4.23. The molecule has 0 unspecified atom stereocenters. The van der Waals surface area contributed by atoms with Gasteiger partial charge < -0.3 is 15.7 Å². The highest BCUT2D eigenvalue weighted by atomic mass is 32.1. The number of hydrogen-bond acceptors (Lipinski definition) is 2. The Morgan fingerprint density at radius 3 is 2.39 bits per heavy atom. The maximum atomic E-state index is 10.6. The van der Waals surface area contributed by atoms with Crippen molar-refractivity contribution in [1.29, 1.82) is 0 Å². The molecule has 3 nitrogen and oxygen atoms in total. The number of anilines is 1. The molecule has 0 spiro atoms. The molecule has 2 saturated carbocycles. The highest BCUT2D eigenvalue weighted by Crippen LogP contribution is 2.41. The van der Waals surface area contributed by atoms with Gasteiger partial charge in [-0.25, -0.2) is 0 Å². The average molecular weight is 333 g/mol. The van der Waals surface area contributed by atoms with Crippen LogP contribution >= 0.6 is 12.2 Å². The first kappa shape index (κ1) is 16.7. The lowest BCUT2D eigenvalue weighted by molar-refractivity contribution is 0.00314. The van der Waals surface area contributed by atoms with Crippen LogP contribution in [-0.2, 0) is 0 Å². The fourth-order valence-electron chi connectivity index (χ4n) is 4.44. The van der Waals surface area contributed by atoms with Crippen LogP contribution in [0.25, 0.3) is 0 Å². The van der Waals surface area contributed by atoms with Crippen molar-refractivity contribution in [3.63, 3.8) is 0 Å². The molecule has 0 heterocycles. The molecule has 2 aliphatic carbocycles. The van der Waals surface area contributed by atoms with Gasteiger partial charge >= 0.3 is 0 Å². The van der Waals surface area contributed by atoms with Gasteiger partial charge in [0.2, 0.25) is 0 Å². The van der Waals surface area contributed by atoms with Gasteiger partial charge in [0.15, 0.2) is 5.11 Å². The van der Waals surface area contributed by atoms with Gasteiger partial charge in [-0.05, 0) is 50.0 Å². The van der Waals surface area contributed by atoms with Crippen LogP contribution in [-0.4, -0.2) is 21.9 Å². The Morgan fingerprint density at radius 1 is 1.00 bits per heavy atom. The Labute approximate surface area is 144 Å². The number of hydrogen-bond donors (Lipinski definition) is 3. The zero-order chi connectivity index (χ0) is 16.1. The minimum absolute atomic E-state index is 0.0308. The van der Waals surface area contributed by atoms with Crippen molar-refractivity contribution in [3.8, 4) is 0 Å². The van der Waals surface area contributed by atoms with E-state index in [1.165, 1.54) is 25.7 Å². The Hall–Kier alpha value is -1.13. The number of thiocarbonyl (C=S) groups is 1. The number of aliphatic hydroxyl groups is 1. The first-order chi connectivity index (χ1) is 11.2. The summed E-state index contributed by atoms with van der Waals surface area (Å²) in [6.45, 7) is 0. The molecule has 3 rings (SSSR count). The summed E-state index contributed by atoms with van der Waals surface area (Å²) in [6, 6.07) is 10.1. The summed E-state index contributed by atoms with van der Waals surface area (Å²) < 4.78 is 0. The molecule has 0 saturated heterocycles. The van der Waals surface area contributed by atoms with E-state index in [-0.39, 0.29) is 11.6 Å². The standard InChI is InChI=1S/C19H28N2OS/c22-17-12-6-5-11-16(17)19(13-7-2-8-14-19)21-18(23)20-15-9-3-1-4-10-15/h1,3-4,9-10,16-17,22H,2,5-8,11-14H2,(H2,20,21,23)/t16-,17-/m0/s1. The van der Waals surface area contributed by atoms with Gasteiger partial charge in [-0.1, -0.05) is 50.3 Å². The van der Waals surface area contributed by atoms with Gasteiger partial charge in [0.05, 0.1) is 6.10 Å². The molecular weight excluding hydrogens is 304 g/mol. The topological polar surface area (TPSA) is 44.3 Å². The molecule has 0 bridgehead atoms. The number of aliphatic hydroxyl groups excluding tert-OH is 1. The number of nitrogens with one attached hydrogen (secondary N) is 2. The van der Waals surface area contributed by atoms with E-state index in [4.69, 9.17) is 12.2 Å². The molecule has 23 heavy (non-hydrogen) atoms. The van der Waals surface area contributed by atoms with E-state index >= 15 is 0 Å². The maximum absolute atomic E-state index is 10.6. The molecule has 1 aromatic carbocycles. The van der Waals surface area contributed by atoms with E-state index in [0.29, 0.717) is 11.0 Å². The fourth-order valence-corrected chi connectivity index (χ4v) is 4.76. The van der Waals surface area contributed by atoms with Gasteiger partial charge in [-0.3, -0.25) is 0 Å². The summed E-state index contributed by atoms with van der Waals surface area (Å²) in [6.07, 6.45) is 10.2. The molecule has 4 heteroatoms. The lowest BCUT2D eigenvalue weighted by atomic mass is 9.66. The first-order valence-corrected chi connectivity index (χ1v) is 9.43. The summed E-state index contributed by atoms with van der Waals surface area (Å²) in [5.74, 6) is 0.326. The van der Waals surface area contributed by atoms with Crippen molar-refractivity contribution in [2.45, 2.75) is 69.4 Å². The molecule has 0 radical (unpaired) electrons. The van der Waals surface area contributed by atoms with Crippen LogP contribution in [0.1, 0.15) is 57.8 Å². The van der Waals surface area contributed by atoms with Crippen LogP contribution in [0.2, 0.25) is 0 Å². The van der Waals surface area contributed by atoms with E-state index in [1.54, 1.807) is 0 Å². The molecule has 2 fully saturated rings. The molecule has 0 aliphatic heterocycles. The van der Waals surface area contributed by atoms with Crippen molar-refractivity contribution in [3.05, 3.63) is 30.3 Å². The SMILES string of the molecule is O[C@H]1CCCC[C@@H]1C1(NC(=S)Nc2ccccc2)CCCCC1. The summed E-state index contributed by atoms with van der Waals surface area (Å²) in [7, 11) is 0. The Balaban J connectivity index is 1.72. The highest BCUT2D eigenvalue weighted by molar-refractivity contribution is 7.80. The molecule has 3 N–H and O–H groups in total. The fraction of sp³-hybridized carbons (Fsp3) is 0.632. The number of para-hydroxylation sites is 1. The molecule has 0 amide bonds. The normalized spacial score (nSPS) is 27.2. The monoisotopic (exact) mass is 332 g/mol. The van der Waals surface area contributed by atoms with Crippen molar-refractivity contribution in [2.24, 2.45) is 5.92 Å². The molecule has 2 atom stereocenters. The third-order valence-corrected chi connectivity index (χ3v) is 5.78. The Kier molecular flexibility index (Phi) is 5.54. The van der Waals surface area contributed by atoms with Crippen molar-refractivity contribution < 1.29 is 5.11 Å². The molecule has 2 aliphatic rings. The van der Waals surface area contributed by atoms with E-state index in [1.807, 2.05) is 30.3 Å². The van der Waals surface area contributed by atoms with Gasteiger partial charge in [-0.2, -0.15) is 0 Å². The van der Waals surface area contributed by atoms with E-state index < -0.39 is 0 Å². The van der Waals surface area contributed by atoms with Crippen LogP contribution in [0, 0.1) is 5.92 Å². The highest BCUT2D eigenvalue weighted by Gasteiger charge is 2.44. The second kappa shape index (κ2) is 7.63. The molecule has 0 aromatic heterocycles. The number of benzene rings is 1. The van der Waals surface area contributed by atoms with Gasteiger partial charge in [-0.15, -0.1) is 0 Å². The van der Waals surface area contributed by atoms with E-state index in [2.05, 4.69) is 10.6 Å². The summed E-state index contributed by atoms with van der Waals surface area (Å²) in [4.78, 5) is 0. The van der Waals surface area contributed by atoms with Crippen LogP contribution in [0.4, 0.5) is 5.69 Å². The third kappa shape index (κ3) is 4.04. The lowest BCUT2D eigenvalue weighted by Gasteiger charge is -2.48. The van der Waals surface area contributed by atoms with Crippen molar-refractivity contribution in [2.75, 3.05) is 5.32 Å². The van der Waals surface area contributed by atoms with Gasteiger partial charge in [0.25, 0.3) is 0 Å². The van der Waals surface area contributed by atoms with Crippen molar-refractivity contribution in [1.82, 2.24) is 5.32 Å². The van der Waals surface area contributed by atoms with Gasteiger partial charge in [0.1, 0.15) is 0 Å². The van der Waals surface area contributed by atoms with E-state index in [0.717, 1.165) is 37.8 Å². The Bertz CT molecular complexity index is 513. The molecule has 1 aromatic rings. The quantitative estimate of drug-likeness (QED) is 0.725. The van der Waals surface area contributed by atoms with Crippen LogP contribution in [0.15, 0.2) is 30.3 Å². The van der Waals surface area contributed by atoms with Crippen LogP contribution in [0.5, 0.6) is 0 Å². The second-order valence-electron chi connectivity index (χ2n) is 7.12. The first-order valence-electron chi connectivity index (χ1n) is 9.02. The zero-order valence-electron chi connectivity index (χ0n) is 13.8. The minimum Gasteiger partial charge on any atom is -0.393 e. The number of rotatable bonds is 3. The smallest absolute Gasteiger partial charge is 0.171 e. The molecular formula is C19H28N2OS.